The lowest BCUT2D eigenvalue weighted by atomic mass is 10.0. The van der Waals surface area contributed by atoms with Gasteiger partial charge in [0.1, 0.15) is 0 Å². The molecule has 0 heterocycles. The van der Waals surface area contributed by atoms with E-state index in [-0.39, 0.29) is 0 Å². The van der Waals surface area contributed by atoms with Gasteiger partial charge < -0.3 is 5.32 Å². The van der Waals surface area contributed by atoms with Crippen LogP contribution in [0.2, 0.25) is 0 Å². The molecule has 0 spiro atoms. The van der Waals surface area contributed by atoms with Gasteiger partial charge in [-0.05, 0) is 63.3 Å². The number of hydrogen-bond acceptors (Lipinski definition) is 1. The highest BCUT2D eigenvalue weighted by molar-refractivity contribution is 5.53. The van der Waals surface area contributed by atoms with Gasteiger partial charge in [-0.1, -0.05) is 42.0 Å². The number of hydrogen-bond donors (Lipinski definition) is 1. The molecule has 2 rings (SSSR count). The van der Waals surface area contributed by atoms with Crippen molar-refractivity contribution in [3.63, 3.8) is 0 Å². The van der Waals surface area contributed by atoms with Gasteiger partial charge in [0.2, 0.25) is 0 Å². The molecule has 2 aromatic carbocycles. The maximum Gasteiger partial charge on any atom is 0.0374 e. The molecular weight excluding hydrogens is 242 g/mol. The molecule has 20 heavy (non-hydrogen) atoms. The van der Waals surface area contributed by atoms with Gasteiger partial charge in [0, 0.05) is 11.7 Å². The van der Waals surface area contributed by atoms with Crippen LogP contribution in [0.25, 0.3) is 0 Å². The summed E-state index contributed by atoms with van der Waals surface area (Å²) in [4.78, 5) is 0. The Morgan fingerprint density at radius 1 is 0.950 bits per heavy atom. The first-order chi connectivity index (χ1) is 9.54. The molecule has 0 aliphatic carbocycles. The van der Waals surface area contributed by atoms with E-state index in [1.54, 1.807) is 0 Å². The minimum absolute atomic E-state index is 0.482. The van der Waals surface area contributed by atoms with Gasteiger partial charge in [-0.25, -0.2) is 0 Å². The average Bonchev–Trinajstić information content (AvgIpc) is 2.41. The lowest BCUT2D eigenvalue weighted by molar-refractivity contribution is 0.705. The van der Waals surface area contributed by atoms with Gasteiger partial charge in [0.15, 0.2) is 0 Å². The van der Waals surface area contributed by atoms with Crippen molar-refractivity contribution < 1.29 is 0 Å². The molecule has 0 amide bonds. The number of aryl methyl sites for hydroxylation is 4. The second kappa shape index (κ2) is 6.60. The topological polar surface area (TPSA) is 12.0 Å². The summed E-state index contributed by atoms with van der Waals surface area (Å²) in [7, 11) is 0. The highest BCUT2D eigenvalue weighted by Crippen LogP contribution is 2.18. The zero-order valence-corrected chi connectivity index (χ0v) is 13.0. The van der Waals surface area contributed by atoms with Crippen molar-refractivity contribution in [2.24, 2.45) is 0 Å². The molecule has 0 bridgehead atoms. The van der Waals surface area contributed by atoms with Gasteiger partial charge in [0.05, 0.1) is 0 Å². The van der Waals surface area contributed by atoms with Crippen molar-refractivity contribution >= 4 is 5.69 Å². The minimum atomic E-state index is 0.482. The zero-order chi connectivity index (χ0) is 14.5. The number of benzene rings is 2. The van der Waals surface area contributed by atoms with Crippen LogP contribution in [0.1, 0.15) is 35.6 Å². The Kier molecular flexibility index (Phi) is 4.84. The summed E-state index contributed by atoms with van der Waals surface area (Å²) in [5.41, 5.74) is 6.67. The van der Waals surface area contributed by atoms with Crippen molar-refractivity contribution in [2.45, 2.75) is 46.6 Å². The third kappa shape index (κ3) is 4.12. The second-order valence-corrected chi connectivity index (χ2v) is 5.89. The SMILES string of the molecule is Cc1cccc(CCC(C)Nc2cc(C)ccc2C)c1. The van der Waals surface area contributed by atoms with Crippen LogP contribution in [0.4, 0.5) is 5.69 Å². The van der Waals surface area contributed by atoms with Crippen LogP contribution >= 0.6 is 0 Å². The predicted octanol–water partition coefficient (Wildman–Crippen LogP) is 5.05. The Balaban J connectivity index is 1.92. The van der Waals surface area contributed by atoms with Gasteiger partial charge >= 0.3 is 0 Å². The van der Waals surface area contributed by atoms with Crippen LogP contribution in [-0.4, -0.2) is 6.04 Å². The van der Waals surface area contributed by atoms with Crippen LogP contribution in [0.15, 0.2) is 42.5 Å². The predicted molar refractivity (Wildman–Crippen MR) is 88.5 cm³/mol. The summed E-state index contributed by atoms with van der Waals surface area (Å²) >= 11 is 0. The normalized spacial score (nSPS) is 12.2. The molecule has 0 radical (unpaired) electrons. The molecule has 0 aliphatic heterocycles. The first-order valence-electron chi connectivity index (χ1n) is 7.44. The van der Waals surface area contributed by atoms with Crippen LogP contribution < -0.4 is 5.32 Å². The third-order valence-electron chi connectivity index (χ3n) is 3.74. The van der Waals surface area contributed by atoms with E-state index in [0.717, 1.165) is 12.8 Å². The summed E-state index contributed by atoms with van der Waals surface area (Å²) in [6.45, 7) is 8.72. The summed E-state index contributed by atoms with van der Waals surface area (Å²) < 4.78 is 0. The van der Waals surface area contributed by atoms with E-state index in [4.69, 9.17) is 0 Å². The van der Waals surface area contributed by atoms with Crippen molar-refractivity contribution in [3.8, 4) is 0 Å². The van der Waals surface area contributed by atoms with Gasteiger partial charge in [-0.3, -0.25) is 0 Å². The van der Waals surface area contributed by atoms with Crippen LogP contribution in [0.3, 0.4) is 0 Å². The maximum atomic E-state index is 3.64. The lowest BCUT2D eigenvalue weighted by Gasteiger charge is -2.17. The first-order valence-corrected chi connectivity index (χ1v) is 7.44. The van der Waals surface area contributed by atoms with E-state index >= 15 is 0 Å². The summed E-state index contributed by atoms with van der Waals surface area (Å²) in [5, 5.41) is 3.64. The third-order valence-corrected chi connectivity index (χ3v) is 3.74. The Morgan fingerprint density at radius 2 is 1.70 bits per heavy atom. The van der Waals surface area contributed by atoms with Crippen molar-refractivity contribution in [3.05, 3.63) is 64.7 Å². The molecule has 0 saturated heterocycles. The van der Waals surface area contributed by atoms with E-state index in [2.05, 4.69) is 75.5 Å². The molecule has 0 aromatic heterocycles. The zero-order valence-electron chi connectivity index (χ0n) is 13.0. The molecule has 1 nitrogen and oxygen atoms in total. The highest BCUT2D eigenvalue weighted by Gasteiger charge is 2.05. The molecule has 1 heteroatoms. The fourth-order valence-corrected chi connectivity index (χ4v) is 2.48. The van der Waals surface area contributed by atoms with Crippen LogP contribution in [0.5, 0.6) is 0 Å². The Hall–Kier alpha value is -1.76. The molecule has 1 N–H and O–H groups in total. The summed E-state index contributed by atoms with van der Waals surface area (Å²) in [5.74, 6) is 0. The highest BCUT2D eigenvalue weighted by atomic mass is 14.9. The van der Waals surface area contributed by atoms with E-state index in [9.17, 15) is 0 Å². The number of anilines is 1. The fraction of sp³-hybridized carbons (Fsp3) is 0.368. The molecule has 1 atom stereocenters. The largest absolute Gasteiger partial charge is 0.382 e. The summed E-state index contributed by atoms with van der Waals surface area (Å²) in [6, 6.07) is 15.9. The summed E-state index contributed by atoms with van der Waals surface area (Å²) in [6.07, 6.45) is 2.28. The average molecular weight is 267 g/mol. The Labute approximate surface area is 123 Å². The molecular formula is C19H25N. The number of rotatable bonds is 5. The standard InChI is InChI=1S/C19H25N/c1-14-6-5-7-18(12-14)11-10-17(4)20-19-13-15(2)8-9-16(19)3/h5-9,12-13,17,20H,10-11H2,1-4H3. The lowest BCUT2D eigenvalue weighted by Crippen LogP contribution is -2.16. The Bertz CT molecular complexity index is 572. The van der Waals surface area contributed by atoms with Crippen LogP contribution in [0, 0.1) is 20.8 Å². The van der Waals surface area contributed by atoms with E-state index in [0.29, 0.717) is 6.04 Å². The maximum absolute atomic E-state index is 3.64. The molecule has 0 aliphatic rings. The molecule has 1 unspecified atom stereocenters. The number of nitrogens with one attached hydrogen (secondary N) is 1. The van der Waals surface area contributed by atoms with Gasteiger partial charge in [-0.2, -0.15) is 0 Å². The monoisotopic (exact) mass is 267 g/mol. The van der Waals surface area contributed by atoms with Gasteiger partial charge in [0.25, 0.3) is 0 Å². The quantitative estimate of drug-likeness (QED) is 0.799. The Morgan fingerprint density at radius 3 is 2.45 bits per heavy atom. The fourth-order valence-electron chi connectivity index (χ4n) is 2.48. The molecule has 106 valence electrons. The van der Waals surface area contributed by atoms with E-state index in [1.165, 1.54) is 27.9 Å². The molecule has 2 aromatic rings. The van der Waals surface area contributed by atoms with E-state index in [1.807, 2.05) is 0 Å². The smallest absolute Gasteiger partial charge is 0.0374 e. The van der Waals surface area contributed by atoms with Crippen molar-refractivity contribution in [2.75, 3.05) is 5.32 Å². The first kappa shape index (κ1) is 14.6. The van der Waals surface area contributed by atoms with Crippen molar-refractivity contribution in [1.82, 2.24) is 0 Å². The van der Waals surface area contributed by atoms with Crippen LogP contribution in [-0.2, 0) is 6.42 Å². The van der Waals surface area contributed by atoms with E-state index < -0.39 is 0 Å². The minimum Gasteiger partial charge on any atom is -0.382 e. The molecule has 0 fully saturated rings. The molecule has 0 saturated carbocycles. The van der Waals surface area contributed by atoms with Crippen molar-refractivity contribution in [1.29, 1.82) is 0 Å². The second-order valence-electron chi connectivity index (χ2n) is 5.89. The van der Waals surface area contributed by atoms with Gasteiger partial charge in [-0.15, -0.1) is 0 Å².